The Morgan fingerprint density at radius 1 is 0.952 bits per heavy atom. The fourth-order valence-electron chi connectivity index (χ4n) is 2.74. The van der Waals surface area contributed by atoms with Crippen molar-refractivity contribution in [2.24, 2.45) is 5.92 Å². The third-order valence-electron chi connectivity index (χ3n) is 4.15. The van der Waals surface area contributed by atoms with E-state index in [1.54, 1.807) is 13.0 Å². The molecule has 1 unspecified atom stereocenters. The highest BCUT2D eigenvalue weighted by molar-refractivity contribution is 5.23. The van der Waals surface area contributed by atoms with Gasteiger partial charge in [-0.25, -0.2) is 4.39 Å². The van der Waals surface area contributed by atoms with Crippen LogP contribution in [0.15, 0.2) is 18.2 Å². The zero-order chi connectivity index (χ0) is 15.5. The van der Waals surface area contributed by atoms with Crippen LogP contribution in [0.4, 0.5) is 8.78 Å². The molecule has 0 N–H and O–H groups in total. The Labute approximate surface area is 129 Å². The lowest BCUT2D eigenvalue weighted by molar-refractivity contribution is 0.444. The van der Waals surface area contributed by atoms with Crippen molar-refractivity contribution in [2.75, 3.05) is 6.67 Å². The Morgan fingerprint density at radius 3 is 2.19 bits per heavy atom. The molecule has 2 heteroatoms. The molecule has 1 rings (SSSR count). The fraction of sp³-hybridized carbons (Fsp3) is 0.684. The highest BCUT2D eigenvalue weighted by Crippen LogP contribution is 2.18. The summed E-state index contributed by atoms with van der Waals surface area (Å²) < 4.78 is 25.4. The summed E-state index contributed by atoms with van der Waals surface area (Å²) in [6.45, 7) is 3.88. The van der Waals surface area contributed by atoms with Crippen molar-refractivity contribution < 1.29 is 8.78 Å². The molecule has 0 saturated heterocycles. The molecule has 1 aromatic carbocycles. The molecule has 0 saturated carbocycles. The molecule has 0 nitrogen and oxygen atoms in total. The van der Waals surface area contributed by atoms with Gasteiger partial charge in [0.1, 0.15) is 5.82 Å². The van der Waals surface area contributed by atoms with Crippen molar-refractivity contribution in [3.63, 3.8) is 0 Å². The van der Waals surface area contributed by atoms with Crippen LogP contribution in [0.25, 0.3) is 0 Å². The quantitative estimate of drug-likeness (QED) is 0.414. The molecule has 0 fully saturated rings. The molecule has 0 amide bonds. The Hall–Kier alpha value is -0.920. The smallest absolute Gasteiger partial charge is 0.126 e. The minimum atomic E-state index is -0.170. The first-order valence-corrected chi connectivity index (χ1v) is 8.44. The number of hydrogen-bond donors (Lipinski definition) is 0. The number of rotatable bonds is 11. The van der Waals surface area contributed by atoms with E-state index in [9.17, 15) is 8.78 Å². The number of alkyl halides is 1. The molecule has 0 aromatic heterocycles. The highest BCUT2D eigenvalue weighted by Gasteiger charge is 2.06. The van der Waals surface area contributed by atoms with Crippen molar-refractivity contribution in [1.29, 1.82) is 0 Å². The average molecular weight is 296 g/mol. The molecule has 0 radical (unpaired) electrons. The first-order chi connectivity index (χ1) is 10.1. The number of halogens is 2. The van der Waals surface area contributed by atoms with E-state index in [0.717, 1.165) is 30.4 Å². The molecule has 1 atom stereocenters. The second-order valence-electron chi connectivity index (χ2n) is 6.35. The van der Waals surface area contributed by atoms with Crippen LogP contribution in [0.5, 0.6) is 0 Å². The lowest BCUT2D eigenvalue weighted by Gasteiger charge is -2.12. The molecule has 0 heterocycles. The maximum absolute atomic E-state index is 13.5. The summed E-state index contributed by atoms with van der Waals surface area (Å²) in [6, 6.07) is 5.59. The van der Waals surface area contributed by atoms with Crippen LogP contribution in [-0.4, -0.2) is 6.67 Å². The van der Waals surface area contributed by atoms with Gasteiger partial charge in [0, 0.05) is 0 Å². The van der Waals surface area contributed by atoms with Gasteiger partial charge in [0.15, 0.2) is 0 Å². The van der Waals surface area contributed by atoms with E-state index in [-0.39, 0.29) is 12.5 Å². The largest absolute Gasteiger partial charge is 0.251 e. The number of unbranched alkanes of at least 4 members (excludes halogenated alkanes) is 6. The molecular formula is C19H30F2. The molecule has 0 spiro atoms. The molecule has 120 valence electrons. The summed E-state index contributed by atoms with van der Waals surface area (Å²) >= 11 is 0. The molecule has 0 aliphatic rings. The van der Waals surface area contributed by atoms with Crippen LogP contribution in [0.1, 0.15) is 69.4 Å². The number of hydrogen-bond acceptors (Lipinski definition) is 0. The minimum Gasteiger partial charge on any atom is -0.251 e. The van der Waals surface area contributed by atoms with Gasteiger partial charge in [-0.1, -0.05) is 64.0 Å². The molecule has 0 aliphatic heterocycles. The van der Waals surface area contributed by atoms with Gasteiger partial charge in [-0.05, 0) is 42.9 Å². The van der Waals surface area contributed by atoms with Gasteiger partial charge in [0.25, 0.3) is 0 Å². The fourth-order valence-corrected chi connectivity index (χ4v) is 2.74. The van der Waals surface area contributed by atoms with E-state index in [1.165, 1.54) is 38.5 Å². The summed E-state index contributed by atoms with van der Waals surface area (Å²) in [5.74, 6) is 0.520. The second kappa shape index (κ2) is 10.8. The standard InChI is InChI=1S/C19H30F2/c1-16(10-8-6-4-3-5-7-9-13-20)14-18-12-11-17(2)19(21)15-18/h11-12,15-16H,3-10,13-14H2,1-2H3. The zero-order valence-corrected chi connectivity index (χ0v) is 13.6. The van der Waals surface area contributed by atoms with Gasteiger partial charge in [0.2, 0.25) is 0 Å². The van der Waals surface area contributed by atoms with Gasteiger partial charge >= 0.3 is 0 Å². The van der Waals surface area contributed by atoms with E-state index in [0.29, 0.717) is 5.92 Å². The Balaban J connectivity index is 2.08. The van der Waals surface area contributed by atoms with E-state index in [2.05, 4.69) is 6.92 Å². The summed E-state index contributed by atoms with van der Waals surface area (Å²) in [5, 5.41) is 0. The van der Waals surface area contributed by atoms with Crippen molar-refractivity contribution in [2.45, 2.75) is 71.6 Å². The van der Waals surface area contributed by atoms with Gasteiger partial charge in [-0.2, -0.15) is 0 Å². The third-order valence-corrected chi connectivity index (χ3v) is 4.15. The van der Waals surface area contributed by atoms with Crippen molar-refractivity contribution in [3.8, 4) is 0 Å². The first kappa shape index (κ1) is 18.1. The summed E-state index contributed by atoms with van der Waals surface area (Å²) in [7, 11) is 0. The average Bonchev–Trinajstić information content (AvgIpc) is 2.46. The van der Waals surface area contributed by atoms with E-state index in [1.807, 2.05) is 12.1 Å². The van der Waals surface area contributed by atoms with Crippen LogP contribution >= 0.6 is 0 Å². The normalized spacial score (nSPS) is 12.6. The molecule has 21 heavy (non-hydrogen) atoms. The van der Waals surface area contributed by atoms with E-state index in [4.69, 9.17) is 0 Å². The SMILES string of the molecule is Cc1ccc(CC(C)CCCCCCCCCF)cc1F. The number of aryl methyl sites for hydroxylation is 1. The lowest BCUT2D eigenvalue weighted by Crippen LogP contribution is -2.00. The maximum Gasteiger partial charge on any atom is 0.126 e. The maximum atomic E-state index is 13.5. The number of benzene rings is 1. The van der Waals surface area contributed by atoms with Gasteiger partial charge in [-0.15, -0.1) is 0 Å². The van der Waals surface area contributed by atoms with E-state index < -0.39 is 0 Å². The molecule has 0 bridgehead atoms. The zero-order valence-electron chi connectivity index (χ0n) is 13.6. The van der Waals surface area contributed by atoms with Crippen LogP contribution in [0.3, 0.4) is 0 Å². The molecule has 1 aromatic rings. The second-order valence-corrected chi connectivity index (χ2v) is 6.35. The Kier molecular flexibility index (Phi) is 9.29. The lowest BCUT2D eigenvalue weighted by atomic mass is 9.94. The van der Waals surface area contributed by atoms with Crippen LogP contribution in [0, 0.1) is 18.7 Å². The summed E-state index contributed by atoms with van der Waals surface area (Å²) in [6.07, 6.45) is 10.1. The van der Waals surface area contributed by atoms with Crippen molar-refractivity contribution in [3.05, 3.63) is 35.1 Å². The topological polar surface area (TPSA) is 0 Å². The Morgan fingerprint density at radius 2 is 1.57 bits per heavy atom. The van der Waals surface area contributed by atoms with Gasteiger partial charge in [-0.3, -0.25) is 4.39 Å². The third kappa shape index (κ3) is 8.18. The van der Waals surface area contributed by atoms with Crippen molar-refractivity contribution >= 4 is 0 Å². The first-order valence-electron chi connectivity index (χ1n) is 8.44. The summed E-state index contributed by atoms with van der Waals surface area (Å²) in [5.41, 5.74) is 1.83. The highest BCUT2D eigenvalue weighted by atomic mass is 19.1. The van der Waals surface area contributed by atoms with Crippen molar-refractivity contribution in [1.82, 2.24) is 0 Å². The monoisotopic (exact) mass is 296 g/mol. The molecular weight excluding hydrogens is 266 g/mol. The summed E-state index contributed by atoms with van der Waals surface area (Å²) in [4.78, 5) is 0. The van der Waals surface area contributed by atoms with Crippen LogP contribution < -0.4 is 0 Å². The molecule has 0 aliphatic carbocycles. The minimum absolute atomic E-state index is 0.0898. The predicted octanol–water partition coefficient (Wildman–Crippen LogP) is 6.40. The van der Waals surface area contributed by atoms with Gasteiger partial charge in [0.05, 0.1) is 6.67 Å². The van der Waals surface area contributed by atoms with E-state index >= 15 is 0 Å². The van der Waals surface area contributed by atoms with Crippen LogP contribution in [0.2, 0.25) is 0 Å². The van der Waals surface area contributed by atoms with Crippen LogP contribution in [-0.2, 0) is 6.42 Å². The Bertz CT molecular complexity index is 387. The van der Waals surface area contributed by atoms with Gasteiger partial charge < -0.3 is 0 Å². The predicted molar refractivity (Wildman–Crippen MR) is 86.9 cm³/mol.